The lowest BCUT2D eigenvalue weighted by molar-refractivity contribution is -0.132. The van der Waals surface area contributed by atoms with Crippen molar-refractivity contribution >= 4 is 17.3 Å². The first-order valence-electron chi connectivity index (χ1n) is 9.79. The first-order valence-corrected chi connectivity index (χ1v) is 9.79. The minimum atomic E-state index is -0.313. The van der Waals surface area contributed by atoms with Gasteiger partial charge >= 0.3 is 0 Å². The van der Waals surface area contributed by atoms with Crippen LogP contribution in [0.3, 0.4) is 0 Å². The number of benzene rings is 2. The summed E-state index contributed by atoms with van der Waals surface area (Å²) < 4.78 is 18.8. The molecule has 0 radical (unpaired) electrons. The summed E-state index contributed by atoms with van der Waals surface area (Å²) in [5, 5.41) is 3.43. The van der Waals surface area contributed by atoms with E-state index >= 15 is 0 Å². The van der Waals surface area contributed by atoms with Gasteiger partial charge in [0.05, 0.1) is 12.8 Å². The van der Waals surface area contributed by atoms with Crippen LogP contribution in [-0.4, -0.2) is 50.1 Å². The van der Waals surface area contributed by atoms with Crippen LogP contribution in [0, 0.1) is 5.82 Å². The number of hydrogen-bond acceptors (Lipinski definition) is 4. The number of amides is 1. The number of anilines is 2. The summed E-state index contributed by atoms with van der Waals surface area (Å²) in [4.78, 5) is 17.2. The second-order valence-corrected chi connectivity index (χ2v) is 7.55. The monoisotopic (exact) mass is 383 g/mol. The minimum absolute atomic E-state index is 0.159. The molecule has 5 nitrogen and oxygen atoms in total. The van der Waals surface area contributed by atoms with Crippen molar-refractivity contribution in [2.45, 2.75) is 25.3 Å². The number of methoxy groups -OCH3 is 1. The average molecular weight is 383 g/mol. The quantitative estimate of drug-likeness (QED) is 0.882. The van der Waals surface area contributed by atoms with Gasteiger partial charge in [-0.05, 0) is 36.1 Å². The molecule has 4 rings (SSSR count). The lowest BCUT2D eigenvalue weighted by Crippen LogP contribution is -2.53. The van der Waals surface area contributed by atoms with Crippen molar-refractivity contribution in [1.29, 1.82) is 0 Å². The largest absolute Gasteiger partial charge is 0.494 e. The molecule has 0 bridgehead atoms. The van der Waals surface area contributed by atoms with Gasteiger partial charge < -0.3 is 19.9 Å². The maximum atomic E-state index is 13.5. The van der Waals surface area contributed by atoms with E-state index in [4.69, 9.17) is 4.74 Å². The Balaban J connectivity index is 1.41. The van der Waals surface area contributed by atoms with Gasteiger partial charge in [0.1, 0.15) is 17.6 Å². The van der Waals surface area contributed by atoms with Crippen molar-refractivity contribution in [2.75, 3.05) is 43.5 Å². The van der Waals surface area contributed by atoms with Crippen molar-refractivity contribution in [1.82, 2.24) is 4.90 Å². The molecule has 2 atom stereocenters. The van der Waals surface area contributed by atoms with Gasteiger partial charge in [-0.1, -0.05) is 25.1 Å². The molecule has 2 aromatic carbocycles. The van der Waals surface area contributed by atoms with Crippen molar-refractivity contribution in [3.05, 3.63) is 53.8 Å². The number of carbonyl (C=O) groups excluding carboxylic acids is 1. The summed E-state index contributed by atoms with van der Waals surface area (Å²) in [6, 6.07) is 12.6. The predicted octanol–water partition coefficient (Wildman–Crippen LogP) is 3.47. The van der Waals surface area contributed by atoms with Gasteiger partial charge in [-0.25, -0.2) is 4.39 Å². The fraction of sp³-hybridized carbons (Fsp3) is 0.409. The molecular weight excluding hydrogens is 357 g/mol. The molecule has 0 unspecified atom stereocenters. The molecule has 1 fully saturated rings. The normalized spacial score (nSPS) is 21.7. The summed E-state index contributed by atoms with van der Waals surface area (Å²) in [6.45, 7) is 4.87. The van der Waals surface area contributed by atoms with Gasteiger partial charge in [0.2, 0.25) is 5.91 Å². The Hall–Kier alpha value is -2.76. The van der Waals surface area contributed by atoms with Crippen molar-refractivity contribution in [2.24, 2.45) is 0 Å². The Labute approximate surface area is 165 Å². The molecule has 1 N–H and O–H groups in total. The van der Waals surface area contributed by atoms with Gasteiger partial charge in [0.25, 0.3) is 0 Å². The SMILES string of the molecule is COc1cc(F)ccc1N1CCN(C(=O)[C@H]2C[C@@H](C)c3ccccc3N2)CC1. The van der Waals surface area contributed by atoms with E-state index in [1.54, 1.807) is 13.2 Å². The summed E-state index contributed by atoms with van der Waals surface area (Å²) in [5.74, 6) is 0.731. The lowest BCUT2D eigenvalue weighted by Gasteiger charge is -2.39. The summed E-state index contributed by atoms with van der Waals surface area (Å²) in [5.41, 5.74) is 3.21. The van der Waals surface area contributed by atoms with Gasteiger partial charge in [0, 0.05) is 37.9 Å². The van der Waals surface area contributed by atoms with Crippen molar-refractivity contribution < 1.29 is 13.9 Å². The Bertz CT molecular complexity index is 865. The van der Waals surface area contributed by atoms with Crippen LogP contribution < -0.4 is 15.0 Å². The Morgan fingerprint density at radius 2 is 1.89 bits per heavy atom. The maximum Gasteiger partial charge on any atom is 0.245 e. The maximum absolute atomic E-state index is 13.5. The third-order valence-electron chi connectivity index (χ3n) is 5.78. The predicted molar refractivity (Wildman–Crippen MR) is 109 cm³/mol. The highest BCUT2D eigenvalue weighted by Crippen LogP contribution is 2.34. The highest BCUT2D eigenvalue weighted by atomic mass is 19.1. The van der Waals surface area contributed by atoms with Crippen LogP contribution in [0.15, 0.2) is 42.5 Å². The third kappa shape index (κ3) is 3.51. The number of ether oxygens (including phenoxy) is 1. The van der Waals surface area contributed by atoms with Crippen molar-refractivity contribution in [3.8, 4) is 5.75 Å². The van der Waals surface area contributed by atoms with E-state index in [2.05, 4.69) is 23.2 Å². The summed E-state index contributed by atoms with van der Waals surface area (Å²) >= 11 is 0. The van der Waals surface area contributed by atoms with E-state index in [1.165, 1.54) is 17.7 Å². The molecule has 1 amide bonds. The summed E-state index contributed by atoms with van der Waals surface area (Å²) in [7, 11) is 1.55. The first kappa shape index (κ1) is 18.6. The third-order valence-corrected chi connectivity index (χ3v) is 5.78. The van der Waals surface area contributed by atoms with E-state index in [0.717, 1.165) is 17.8 Å². The standard InChI is InChI=1S/C22H26FN3O2/c1-15-13-19(24-18-6-4-3-5-17(15)18)22(27)26-11-9-25(10-12-26)20-8-7-16(23)14-21(20)28-2/h3-8,14-15,19,24H,9-13H2,1-2H3/t15-,19-/m1/s1. The second-order valence-electron chi connectivity index (χ2n) is 7.55. The average Bonchev–Trinajstić information content (AvgIpc) is 2.73. The van der Waals surface area contributed by atoms with E-state index in [9.17, 15) is 9.18 Å². The lowest BCUT2D eigenvalue weighted by atomic mass is 9.88. The van der Waals surface area contributed by atoms with Gasteiger partial charge in [-0.15, -0.1) is 0 Å². The number of rotatable bonds is 3. The topological polar surface area (TPSA) is 44.8 Å². The molecule has 2 aromatic rings. The van der Waals surface area contributed by atoms with Gasteiger partial charge in [-0.3, -0.25) is 4.79 Å². The number of para-hydroxylation sites is 1. The van der Waals surface area contributed by atoms with E-state index in [1.807, 2.05) is 23.1 Å². The van der Waals surface area contributed by atoms with E-state index in [0.29, 0.717) is 37.8 Å². The molecule has 0 aliphatic carbocycles. The molecule has 28 heavy (non-hydrogen) atoms. The Kier molecular flexibility index (Phi) is 5.11. The first-order chi connectivity index (χ1) is 13.6. The molecular formula is C22H26FN3O2. The minimum Gasteiger partial charge on any atom is -0.494 e. The number of fused-ring (bicyclic) bond motifs is 1. The highest BCUT2D eigenvalue weighted by Gasteiger charge is 2.32. The number of nitrogens with zero attached hydrogens (tertiary/aromatic N) is 2. The number of hydrogen-bond donors (Lipinski definition) is 1. The van der Waals surface area contributed by atoms with Crippen LogP contribution in [-0.2, 0) is 4.79 Å². The molecule has 6 heteroatoms. The second kappa shape index (κ2) is 7.70. The zero-order valence-electron chi connectivity index (χ0n) is 16.3. The van der Waals surface area contributed by atoms with Crippen LogP contribution in [0.4, 0.5) is 15.8 Å². The van der Waals surface area contributed by atoms with Gasteiger partial charge in [-0.2, -0.15) is 0 Å². The highest BCUT2D eigenvalue weighted by molar-refractivity contribution is 5.86. The molecule has 0 spiro atoms. The zero-order valence-corrected chi connectivity index (χ0v) is 16.3. The molecule has 148 valence electrons. The molecule has 0 saturated carbocycles. The Morgan fingerprint density at radius 1 is 1.14 bits per heavy atom. The molecule has 0 aromatic heterocycles. The fourth-order valence-electron chi connectivity index (χ4n) is 4.25. The van der Waals surface area contributed by atoms with Crippen LogP contribution in [0.2, 0.25) is 0 Å². The smallest absolute Gasteiger partial charge is 0.245 e. The van der Waals surface area contributed by atoms with E-state index < -0.39 is 0 Å². The fourth-order valence-corrected chi connectivity index (χ4v) is 4.25. The number of nitrogens with one attached hydrogen (secondary N) is 1. The number of piperazine rings is 1. The van der Waals surface area contributed by atoms with Crippen molar-refractivity contribution in [3.63, 3.8) is 0 Å². The molecule has 2 heterocycles. The summed E-state index contributed by atoms with van der Waals surface area (Å²) in [6.07, 6.45) is 0.807. The zero-order chi connectivity index (χ0) is 19.7. The van der Waals surface area contributed by atoms with Crippen LogP contribution in [0.25, 0.3) is 0 Å². The molecule has 2 aliphatic rings. The van der Waals surface area contributed by atoms with Crippen LogP contribution >= 0.6 is 0 Å². The van der Waals surface area contributed by atoms with E-state index in [-0.39, 0.29) is 17.8 Å². The van der Waals surface area contributed by atoms with Crippen LogP contribution in [0.1, 0.15) is 24.8 Å². The number of carbonyl (C=O) groups is 1. The number of halogens is 1. The van der Waals surface area contributed by atoms with Gasteiger partial charge in [0.15, 0.2) is 0 Å². The molecule has 2 aliphatic heterocycles. The Morgan fingerprint density at radius 3 is 2.64 bits per heavy atom. The molecule has 1 saturated heterocycles. The van der Waals surface area contributed by atoms with Crippen LogP contribution in [0.5, 0.6) is 5.75 Å².